The van der Waals surface area contributed by atoms with Gasteiger partial charge in [0, 0.05) is 6.61 Å². The summed E-state index contributed by atoms with van der Waals surface area (Å²) >= 11 is 0. The van der Waals surface area contributed by atoms with Gasteiger partial charge < -0.3 is 20.1 Å². The third-order valence-corrected chi connectivity index (χ3v) is 3.00. The van der Waals surface area contributed by atoms with Gasteiger partial charge in [0.05, 0.1) is 12.5 Å². The maximum absolute atomic E-state index is 11.9. The van der Waals surface area contributed by atoms with Crippen molar-refractivity contribution in [1.29, 1.82) is 0 Å². The zero-order chi connectivity index (χ0) is 12.3. The summed E-state index contributed by atoms with van der Waals surface area (Å²) in [4.78, 5) is 23.0. The van der Waals surface area contributed by atoms with Gasteiger partial charge in [-0.3, -0.25) is 9.59 Å². The van der Waals surface area contributed by atoms with Gasteiger partial charge in [0.15, 0.2) is 0 Å². The number of hydrogen-bond acceptors (Lipinski definition) is 5. The molecular weight excluding hydrogens is 224 g/mol. The highest BCUT2D eigenvalue weighted by Crippen LogP contribution is 2.17. The molecule has 0 aromatic heterocycles. The first-order valence-corrected chi connectivity index (χ1v) is 6.05. The molecule has 2 rings (SSSR count). The second kappa shape index (κ2) is 5.46. The molecule has 6 nitrogen and oxygen atoms in total. The van der Waals surface area contributed by atoms with Crippen LogP contribution in [0.25, 0.3) is 0 Å². The first-order valence-electron chi connectivity index (χ1n) is 6.05. The number of carbonyl (C=O) groups is 2. The predicted octanol–water partition coefficient (Wildman–Crippen LogP) is -0.467. The van der Waals surface area contributed by atoms with Crippen LogP contribution in [0.2, 0.25) is 0 Å². The van der Waals surface area contributed by atoms with Crippen molar-refractivity contribution in [2.75, 3.05) is 13.2 Å². The van der Waals surface area contributed by atoms with Crippen molar-refractivity contribution in [3.05, 3.63) is 0 Å². The van der Waals surface area contributed by atoms with E-state index in [0.29, 0.717) is 6.61 Å². The molecule has 2 saturated heterocycles. The fourth-order valence-corrected chi connectivity index (χ4v) is 2.16. The standard InChI is InChI=1S/C11H18N2O4/c1-2-16-11-8(6-9(14)17-11)13-10(15)7-4-3-5-12-7/h7-8,11-12H,2-6H2,1H3,(H,13,15). The minimum absolute atomic E-state index is 0.0736. The molecule has 2 aliphatic rings. The predicted molar refractivity (Wildman–Crippen MR) is 59.1 cm³/mol. The number of rotatable bonds is 4. The average Bonchev–Trinajstić information content (AvgIpc) is 2.89. The van der Waals surface area contributed by atoms with Crippen LogP contribution in [0.4, 0.5) is 0 Å². The Balaban J connectivity index is 1.87. The van der Waals surface area contributed by atoms with E-state index in [4.69, 9.17) is 9.47 Å². The Labute approximate surface area is 100 Å². The van der Waals surface area contributed by atoms with E-state index in [1.807, 2.05) is 6.92 Å². The zero-order valence-electron chi connectivity index (χ0n) is 9.90. The average molecular weight is 242 g/mol. The number of hydrogen-bond donors (Lipinski definition) is 2. The molecule has 0 aliphatic carbocycles. The summed E-state index contributed by atoms with van der Waals surface area (Å²) < 4.78 is 10.3. The van der Waals surface area contributed by atoms with Crippen molar-refractivity contribution in [1.82, 2.24) is 10.6 Å². The maximum Gasteiger partial charge on any atom is 0.310 e. The molecule has 0 radical (unpaired) electrons. The summed E-state index contributed by atoms with van der Waals surface area (Å²) in [5.41, 5.74) is 0. The number of cyclic esters (lactones) is 1. The second-order valence-electron chi connectivity index (χ2n) is 4.28. The molecule has 0 aromatic carbocycles. The summed E-state index contributed by atoms with van der Waals surface area (Å²) in [5, 5.41) is 5.92. The van der Waals surface area contributed by atoms with E-state index in [2.05, 4.69) is 10.6 Å². The van der Waals surface area contributed by atoms with Crippen molar-refractivity contribution in [3.63, 3.8) is 0 Å². The lowest BCUT2D eigenvalue weighted by molar-refractivity contribution is -0.164. The van der Waals surface area contributed by atoms with Crippen molar-refractivity contribution in [2.24, 2.45) is 0 Å². The van der Waals surface area contributed by atoms with E-state index in [1.165, 1.54) is 0 Å². The van der Waals surface area contributed by atoms with Crippen LogP contribution in [0.5, 0.6) is 0 Å². The van der Waals surface area contributed by atoms with Crippen LogP contribution in [0.15, 0.2) is 0 Å². The monoisotopic (exact) mass is 242 g/mol. The highest BCUT2D eigenvalue weighted by molar-refractivity contribution is 5.83. The molecular formula is C11H18N2O4. The van der Waals surface area contributed by atoms with Crippen LogP contribution in [0.1, 0.15) is 26.2 Å². The van der Waals surface area contributed by atoms with Gasteiger partial charge in [0.1, 0.15) is 6.04 Å². The molecule has 3 unspecified atom stereocenters. The SMILES string of the molecule is CCOC1OC(=O)CC1NC(=O)C1CCCN1. The number of esters is 1. The van der Waals surface area contributed by atoms with Crippen LogP contribution >= 0.6 is 0 Å². The summed E-state index contributed by atoms with van der Waals surface area (Å²) in [5.74, 6) is -0.399. The van der Waals surface area contributed by atoms with Gasteiger partial charge in [-0.2, -0.15) is 0 Å². The molecule has 0 aromatic rings. The second-order valence-corrected chi connectivity index (χ2v) is 4.28. The fourth-order valence-electron chi connectivity index (χ4n) is 2.16. The summed E-state index contributed by atoms with van der Waals surface area (Å²) in [6.45, 7) is 3.14. The van der Waals surface area contributed by atoms with Gasteiger partial charge in [-0.05, 0) is 26.3 Å². The summed E-state index contributed by atoms with van der Waals surface area (Å²) in [6.07, 6.45) is 1.39. The van der Waals surface area contributed by atoms with Crippen molar-refractivity contribution < 1.29 is 19.1 Å². The van der Waals surface area contributed by atoms with Crippen LogP contribution in [0, 0.1) is 0 Å². The first kappa shape index (κ1) is 12.3. The Hall–Kier alpha value is -1.14. The molecule has 2 fully saturated rings. The minimum Gasteiger partial charge on any atom is -0.433 e. The highest BCUT2D eigenvalue weighted by Gasteiger charge is 2.37. The lowest BCUT2D eigenvalue weighted by Crippen LogP contribution is -2.48. The van der Waals surface area contributed by atoms with Crippen LogP contribution < -0.4 is 10.6 Å². The van der Waals surface area contributed by atoms with Gasteiger partial charge in [0.25, 0.3) is 0 Å². The van der Waals surface area contributed by atoms with E-state index in [1.54, 1.807) is 0 Å². The first-order chi connectivity index (χ1) is 8.20. The molecule has 2 N–H and O–H groups in total. The van der Waals surface area contributed by atoms with Gasteiger partial charge in [-0.1, -0.05) is 0 Å². The van der Waals surface area contributed by atoms with Gasteiger partial charge in [-0.25, -0.2) is 0 Å². The van der Waals surface area contributed by atoms with Gasteiger partial charge in [0.2, 0.25) is 12.2 Å². The van der Waals surface area contributed by atoms with Crippen molar-refractivity contribution >= 4 is 11.9 Å². The molecule has 0 bridgehead atoms. The molecule has 2 aliphatic heterocycles. The summed E-state index contributed by atoms with van der Waals surface area (Å²) in [6, 6.07) is -0.509. The Morgan fingerprint density at radius 1 is 1.65 bits per heavy atom. The Kier molecular flexibility index (Phi) is 3.96. The molecule has 17 heavy (non-hydrogen) atoms. The Morgan fingerprint density at radius 3 is 3.12 bits per heavy atom. The zero-order valence-corrected chi connectivity index (χ0v) is 9.90. The van der Waals surface area contributed by atoms with Crippen LogP contribution in [-0.2, 0) is 19.1 Å². The van der Waals surface area contributed by atoms with Gasteiger partial charge in [-0.15, -0.1) is 0 Å². The normalized spacial score (nSPS) is 32.5. The number of carbonyl (C=O) groups excluding carboxylic acids is 2. The van der Waals surface area contributed by atoms with E-state index >= 15 is 0 Å². The van der Waals surface area contributed by atoms with Crippen molar-refractivity contribution in [3.8, 4) is 0 Å². The van der Waals surface area contributed by atoms with E-state index in [0.717, 1.165) is 19.4 Å². The quantitative estimate of drug-likeness (QED) is 0.652. The summed E-state index contributed by atoms with van der Waals surface area (Å²) in [7, 11) is 0. The maximum atomic E-state index is 11.9. The molecule has 2 heterocycles. The van der Waals surface area contributed by atoms with E-state index in [-0.39, 0.29) is 30.4 Å². The molecule has 3 atom stereocenters. The largest absolute Gasteiger partial charge is 0.433 e. The lowest BCUT2D eigenvalue weighted by atomic mass is 10.2. The van der Waals surface area contributed by atoms with Crippen LogP contribution in [0.3, 0.4) is 0 Å². The molecule has 1 amide bonds. The van der Waals surface area contributed by atoms with Gasteiger partial charge >= 0.3 is 5.97 Å². The topological polar surface area (TPSA) is 76.7 Å². The smallest absolute Gasteiger partial charge is 0.310 e. The lowest BCUT2D eigenvalue weighted by Gasteiger charge is -2.20. The molecule has 0 saturated carbocycles. The highest BCUT2D eigenvalue weighted by atomic mass is 16.7. The Bertz CT molecular complexity index is 302. The Morgan fingerprint density at radius 2 is 2.47 bits per heavy atom. The van der Waals surface area contributed by atoms with Crippen molar-refractivity contribution in [2.45, 2.75) is 44.6 Å². The molecule has 0 spiro atoms. The molecule has 6 heteroatoms. The number of ether oxygens (including phenoxy) is 2. The third kappa shape index (κ3) is 2.95. The van der Waals surface area contributed by atoms with E-state index in [9.17, 15) is 9.59 Å². The van der Waals surface area contributed by atoms with Crippen LogP contribution in [-0.4, -0.2) is 43.4 Å². The number of nitrogens with one attached hydrogen (secondary N) is 2. The minimum atomic E-state index is -0.641. The molecule has 96 valence electrons. The third-order valence-electron chi connectivity index (χ3n) is 3.00. The number of amides is 1. The van der Waals surface area contributed by atoms with E-state index < -0.39 is 6.29 Å². The fraction of sp³-hybridized carbons (Fsp3) is 0.818.